The zero-order valence-corrected chi connectivity index (χ0v) is 10.5. The number of hydrogen-bond donors (Lipinski definition) is 1. The molecule has 3 rings (SSSR count). The van der Waals surface area contributed by atoms with Crippen molar-refractivity contribution < 1.29 is 9.53 Å². The average Bonchev–Trinajstić information content (AvgIpc) is 2.99. The SMILES string of the molecule is O=C(Oc1ccccc1)c1nc(-c2ccccc2)n[nH]1. The molecule has 0 aliphatic rings. The fourth-order valence-corrected chi connectivity index (χ4v) is 1.71. The van der Waals surface area contributed by atoms with Gasteiger partial charge in [-0.15, -0.1) is 0 Å². The van der Waals surface area contributed by atoms with Crippen LogP contribution >= 0.6 is 0 Å². The molecule has 0 atom stereocenters. The minimum Gasteiger partial charge on any atom is -0.421 e. The van der Waals surface area contributed by atoms with Crippen LogP contribution in [-0.4, -0.2) is 21.2 Å². The number of para-hydroxylation sites is 1. The van der Waals surface area contributed by atoms with E-state index >= 15 is 0 Å². The average molecular weight is 265 g/mol. The number of benzene rings is 2. The fraction of sp³-hybridized carbons (Fsp3) is 0. The zero-order valence-electron chi connectivity index (χ0n) is 10.5. The lowest BCUT2D eigenvalue weighted by molar-refractivity contribution is 0.0722. The Labute approximate surface area is 115 Å². The van der Waals surface area contributed by atoms with E-state index < -0.39 is 5.97 Å². The van der Waals surface area contributed by atoms with Crippen LogP contribution in [0, 0.1) is 0 Å². The molecule has 5 heteroatoms. The van der Waals surface area contributed by atoms with Gasteiger partial charge in [-0.3, -0.25) is 5.10 Å². The van der Waals surface area contributed by atoms with Crippen molar-refractivity contribution in [3.8, 4) is 17.1 Å². The van der Waals surface area contributed by atoms with Crippen LogP contribution in [0.15, 0.2) is 60.7 Å². The van der Waals surface area contributed by atoms with Gasteiger partial charge in [0.2, 0.25) is 5.82 Å². The molecule has 1 heterocycles. The third-order valence-corrected chi connectivity index (χ3v) is 2.66. The summed E-state index contributed by atoms with van der Waals surface area (Å²) in [5.74, 6) is 0.444. The van der Waals surface area contributed by atoms with Gasteiger partial charge in [0.1, 0.15) is 5.75 Å². The van der Waals surface area contributed by atoms with Crippen LogP contribution < -0.4 is 4.74 Å². The molecular weight excluding hydrogens is 254 g/mol. The summed E-state index contributed by atoms with van der Waals surface area (Å²) in [5.41, 5.74) is 0.836. The molecule has 3 aromatic rings. The number of carbonyl (C=O) groups excluding carboxylic acids is 1. The number of carbonyl (C=O) groups is 1. The van der Waals surface area contributed by atoms with Crippen molar-refractivity contribution in [1.82, 2.24) is 15.2 Å². The number of nitrogens with one attached hydrogen (secondary N) is 1. The summed E-state index contributed by atoms with van der Waals surface area (Å²) in [4.78, 5) is 16.0. The highest BCUT2D eigenvalue weighted by atomic mass is 16.5. The highest BCUT2D eigenvalue weighted by molar-refractivity contribution is 5.87. The van der Waals surface area contributed by atoms with Crippen LogP contribution in [0.25, 0.3) is 11.4 Å². The van der Waals surface area contributed by atoms with E-state index in [1.807, 2.05) is 36.4 Å². The highest BCUT2D eigenvalue weighted by Gasteiger charge is 2.14. The largest absolute Gasteiger partial charge is 0.421 e. The molecule has 0 spiro atoms. The van der Waals surface area contributed by atoms with Gasteiger partial charge >= 0.3 is 5.97 Å². The van der Waals surface area contributed by atoms with Gasteiger partial charge in [-0.25, -0.2) is 9.78 Å². The first-order valence-corrected chi connectivity index (χ1v) is 6.08. The van der Waals surface area contributed by atoms with Gasteiger partial charge in [0.05, 0.1) is 0 Å². The van der Waals surface area contributed by atoms with Crippen LogP contribution in [0.2, 0.25) is 0 Å². The minimum atomic E-state index is -0.564. The monoisotopic (exact) mass is 265 g/mol. The number of rotatable bonds is 3. The van der Waals surface area contributed by atoms with Gasteiger partial charge in [-0.2, -0.15) is 5.10 Å². The minimum absolute atomic E-state index is 0.0766. The smallest absolute Gasteiger partial charge is 0.381 e. The molecule has 0 amide bonds. The Hall–Kier alpha value is -2.95. The summed E-state index contributed by atoms with van der Waals surface area (Å²) in [6, 6.07) is 18.2. The van der Waals surface area contributed by atoms with Crippen LogP contribution in [0.5, 0.6) is 5.75 Å². The molecule has 0 saturated heterocycles. The van der Waals surface area contributed by atoms with E-state index in [2.05, 4.69) is 15.2 Å². The summed E-state index contributed by atoms with van der Waals surface area (Å²) in [6.45, 7) is 0. The second-order valence-electron chi connectivity index (χ2n) is 4.08. The van der Waals surface area contributed by atoms with Crippen molar-refractivity contribution in [3.63, 3.8) is 0 Å². The highest BCUT2D eigenvalue weighted by Crippen LogP contribution is 2.15. The lowest BCUT2D eigenvalue weighted by Gasteiger charge is -2.00. The standard InChI is InChI=1S/C15H11N3O2/c19-15(20-12-9-5-2-6-10-12)14-16-13(17-18-14)11-7-3-1-4-8-11/h1-10H,(H,16,17,18). The van der Waals surface area contributed by atoms with Crippen molar-refractivity contribution in [2.24, 2.45) is 0 Å². The molecule has 1 aromatic heterocycles. The van der Waals surface area contributed by atoms with Gasteiger partial charge in [-0.05, 0) is 12.1 Å². The molecule has 2 aromatic carbocycles. The van der Waals surface area contributed by atoms with Crippen molar-refractivity contribution >= 4 is 5.97 Å². The second kappa shape index (κ2) is 5.36. The molecule has 0 unspecified atom stereocenters. The number of ether oxygens (including phenoxy) is 1. The lowest BCUT2D eigenvalue weighted by atomic mass is 10.2. The predicted octanol–water partition coefficient (Wildman–Crippen LogP) is 2.69. The zero-order chi connectivity index (χ0) is 13.8. The first kappa shape index (κ1) is 12.1. The van der Waals surface area contributed by atoms with E-state index in [0.717, 1.165) is 5.56 Å². The normalized spacial score (nSPS) is 10.2. The number of hydrogen-bond acceptors (Lipinski definition) is 4. The van der Waals surface area contributed by atoms with Gasteiger partial charge in [0.15, 0.2) is 5.82 Å². The second-order valence-corrected chi connectivity index (χ2v) is 4.08. The van der Waals surface area contributed by atoms with Crippen molar-refractivity contribution in [3.05, 3.63) is 66.5 Å². The van der Waals surface area contributed by atoms with Gasteiger partial charge in [0.25, 0.3) is 0 Å². The van der Waals surface area contributed by atoms with Crippen molar-refractivity contribution in [1.29, 1.82) is 0 Å². The Morgan fingerprint density at radius 3 is 2.30 bits per heavy atom. The molecule has 0 aliphatic carbocycles. The number of nitrogens with zero attached hydrogens (tertiary/aromatic N) is 2. The molecule has 0 fully saturated rings. The maximum absolute atomic E-state index is 11.9. The van der Waals surface area contributed by atoms with Crippen LogP contribution in [0.3, 0.4) is 0 Å². The Kier molecular flexibility index (Phi) is 3.24. The maximum Gasteiger partial charge on any atom is 0.381 e. The number of aromatic nitrogens is 3. The van der Waals surface area contributed by atoms with Crippen molar-refractivity contribution in [2.75, 3.05) is 0 Å². The topological polar surface area (TPSA) is 67.9 Å². The molecule has 0 bridgehead atoms. The summed E-state index contributed by atoms with van der Waals surface area (Å²) >= 11 is 0. The molecule has 0 radical (unpaired) electrons. The lowest BCUT2D eigenvalue weighted by Crippen LogP contribution is -2.10. The Balaban J connectivity index is 1.79. The van der Waals surface area contributed by atoms with E-state index in [0.29, 0.717) is 11.6 Å². The Morgan fingerprint density at radius 1 is 0.950 bits per heavy atom. The van der Waals surface area contributed by atoms with Gasteiger partial charge < -0.3 is 4.74 Å². The molecule has 20 heavy (non-hydrogen) atoms. The Bertz CT molecular complexity index is 708. The van der Waals surface area contributed by atoms with E-state index in [-0.39, 0.29) is 5.82 Å². The molecule has 0 aliphatic heterocycles. The van der Waals surface area contributed by atoms with Crippen LogP contribution in [0.4, 0.5) is 0 Å². The van der Waals surface area contributed by atoms with Gasteiger partial charge in [-0.1, -0.05) is 48.5 Å². The van der Waals surface area contributed by atoms with Gasteiger partial charge in [0, 0.05) is 5.56 Å². The van der Waals surface area contributed by atoms with Crippen molar-refractivity contribution in [2.45, 2.75) is 0 Å². The third kappa shape index (κ3) is 2.56. The van der Waals surface area contributed by atoms with Crippen LogP contribution in [0.1, 0.15) is 10.6 Å². The number of esters is 1. The number of aromatic amines is 1. The quantitative estimate of drug-likeness (QED) is 0.584. The molecule has 98 valence electrons. The van der Waals surface area contributed by atoms with E-state index in [4.69, 9.17) is 4.74 Å². The summed E-state index contributed by atoms with van der Waals surface area (Å²) in [5, 5.41) is 6.60. The Morgan fingerprint density at radius 2 is 1.60 bits per heavy atom. The van der Waals surface area contributed by atoms with Crippen LogP contribution in [-0.2, 0) is 0 Å². The molecule has 1 N–H and O–H groups in total. The fourth-order valence-electron chi connectivity index (χ4n) is 1.71. The first-order valence-electron chi connectivity index (χ1n) is 6.08. The van der Waals surface area contributed by atoms with E-state index in [1.54, 1.807) is 24.3 Å². The first-order chi connectivity index (χ1) is 9.83. The summed E-state index contributed by atoms with van der Waals surface area (Å²) in [6.07, 6.45) is 0. The maximum atomic E-state index is 11.9. The third-order valence-electron chi connectivity index (χ3n) is 2.66. The summed E-state index contributed by atoms with van der Waals surface area (Å²) < 4.78 is 5.18. The molecular formula is C15H11N3O2. The number of H-pyrrole nitrogens is 1. The molecule has 0 saturated carbocycles. The van der Waals surface area contributed by atoms with E-state index in [9.17, 15) is 4.79 Å². The van der Waals surface area contributed by atoms with E-state index in [1.165, 1.54) is 0 Å². The predicted molar refractivity (Wildman–Crippen MR) is 73.2 cm³/mol. The summed E-state index contributed by atoms with van der Waals surface area (Å²) in [7, 11) is 0. The molecule has 5 nitrogen and oxygen atoms in total.